The first-order valence-corrected chi connectivity index (χ1v) is 11.2. The van der Waals surface area contributed by atoms with Crippen LogP contribution in [0, 0.1) is 11.8 Å². The number of fused-ring (bicyclic) bond motifs is 4. The number of ether oxygens (including phenoxy) is 2. The highest BCUT2D eigenvalue weighted by Gasteiger charge is 2.44. The Balaban J connectivity index is 1.57. The first-order valence-electron chi connectivity index (χ1n) is 11.2. The van der Waals surface area contributed by atoms with E-state index in [1.807, 2.05) is 42.5 Å². The van der Waals surface area contributed by atoms with Gasteiger partial charge in [-0.1, -0.05) is 24.3 Å². The molecule has 3 unspecified atom stereocenters. The van der Waals surface area contributed by atoms with Gasteiger partial charge >= 0.3 is 5.97 Å². The Morgan fingerprint density at radius 2 is 2.06 bits per heavy atom. The van der Waals surface area contributed by atoms with Crippen molar-refractivity contribution in [3.8, 4) is 5.75 Å². The summed E-state index contributed by atoms with van der Waals surface area (Å²) in [5.41, 5.74) is 2.41. The third kappa shape index (κ3) is 3.78. The summed E-state index contributed by atoms with van der Waals surface area (Å²) in [4.78, 5) is 20.2. The van der Waals surface area contributed by atoms with Crippen LogP contribution in [-0.4, -0.2) is 42.1 Å². The minimum absolute atomic E-state index is 0.120. The van der Waals surface area contributed by atoms with Crippen LogP contribution in [-0.2, 0) is 4.74 Å². The number of methoxy groups -OCH3 is 1. The van der Waals surface area contributed by atoms with Crippen molar-refractivity contribution < 1.29 is 14.3 Å². The molecule has 3 fully saturated rings. The zero-order valence-corrected chi connectivity index (χ0v) is 18.3. The largest absolute Gasteiger partial charge is 0.497 e. The maximum atomic E-state index is 13.2. The molecule has 3 saturated heterocycles. The Bertz CT molecular complexity index is 1130. The van der Waals surface area contributed by atoms with E-state index in [0.717, 1.165) is 48.1 Å². The molecule has 4 heterocycles. The summed E-state index contributed by atoms with van der Waals surface area (Å²) in [5, 5.41) is 0.959. The molecule has 3 aliphatic rings. The molecule has 0 amide bonds. The zero-order valence-electron chi connectivity index (χ0n) is 18.3. The smallest absolute Gasteiger partial charge is 0.338 e. The van der Waals surface area contributed by atoms with Gasteiger partial charge in [0.1, 0.15) is 11.9 Å². The Labute approximate surface area is 188 Å². The number of hydrogen-bond acceptors (Lipinski definition) is 5. The zero-order chi connectivity index (χ0) is 22.1. The lowest BCUT2D eigenvalue weighted by atomic mass is 9.73. The number of nitrogens with zero attached hydrogens (tertiary/aromatic N) is 2. The van der Waals surface area contributed by atoms with E-state index in [4.69, 9.17) is 9.47 Å². The lowest BCUT2D eigenvalue weighted by Gasteiger charge is -2.51. The molecule has 0 saturated carbocycles. The average Bonchev–Trinajstić information content (AvgIpc) is 2.87. The maximum Gasteiger partial charge on any atom is 0.338 e. The van der Waals surface area contributed by atoms with Crippen LogP contribution >= 0.6 is 0 Å². The molecule has 32 heavy (non-hydrogen) atoms. The summed E-state index contributed by atoms with van der Waals surface area (Å²) in [6.07, 6.45) is 5.64. The molecule has 5 heteroatoms. The molecule has 0 spiro atoms. The van der Waals surface area contributed by atoms with Gasteiger partial charge in [-0.3, -0.25) is 9.88 Å². The van der Waals surface area contributed by atoms with Crippen LogP contribution in [0.15, 0.2) is 73.4 Å². The Morgan fingerprint density at radius 3 is 2.78 bits per heavy atom. The molecular weight excluding hydrogens is 400 g/mol. The van der Waals surface area contributed by atoms with Crippen LogP contribution in [0.2, 0.25) is 0 Å². The van der Waals surface area contributed by atoms with E-state index in [1.165, 1.54) is 0 Å². The fraction of sp³-hybridized carbons (Fsp3) is 0.333. The highest BCUT2D eigenvalue weighted by atomic mass is 16.5. The molecule has 164 valence electrons. The number of carbonyl (C=O) groups excluding carboxylic acids is 1. The van der Waals surface area contributed by atoms with Gasteiger partial charge < -0.3 is 9.47 Å². The molecule has 2 aromatic carbocycles. The lowest BCUT2D eigenvalue weighted by Crippen LogP contribution is -2.55. The molecule has 1 aromatic heterocycles. The highest BCUT2D eigenvalue weighted by molar-refractivity contribution is 5.90. The molecule has 3 aromatic rings. The van der Waals surface area contributed by atoms with Crippen LogP contribution in [0.3, 0.4) is 0 Å². The number of aromatic nitrogens is 1. The second-order valence-corrected chi connectivity index (χ2v) is 8.72. The van der Waals surface area contributed by atoms with E-state index in [1.54, 1.807) is 25.4 Å². The second kappa shape index (κ2) is 8.75. The molecule has 5 atom stereocenters. The molecule has 0 N–H and O–H groups in total. The van der Waals surface area contributed by atoms with Crippen molar-refractivity contribution in [2.75, 3.05) is 20.2 Å². The van der Waals surface area contributed by atoms with Crippen molar-refractivity contribution in [1.29, 1.82) is 0 Å². The Morgan fingerprint density at radius 1 is 1.22 bits per heavy atom. The Kier molecular flexibility index (Phi) is 5.66. The average molecular weight is 429 g/mol. The van der Waals surface area contributed by atoms with E-state index < -0.39 is 6.10 Å². The molecule has 6 rings (SSSR count). The van der Waals surface area contributed by atoms with Crippen molar-refractivity contribution in [2.24, 2.45) is 11.8 Å². The molecule has 2 bridgehead atoms. The van der Waals surface area contributed by atoms with Gasteiger partial charge in [0, 0.05) is 23.7 Å². The van der Waals surface area contributed by atoms with Gasteiger partial charge in [0.15, 0.2) is 0 Å². The number of benzene rings is 2. The SMILES string of the molecule is C=CC1CN2CCC1C[C@H]2[C@H](OC(=O)c1ccccc1)c1ccnc2ccc(OC)cc12. The van der Waals surface area contributed by atoms with E-state index in [0.29, 0.717) is 17.4 Å². The number of carbonyl (C=O) groups is 1. The van der Waals surface area contributed by atoms with Gasteiger partial charge in [-0.25, -0.2) is 4.79 Å². The lowest BCUT2D eigenvalue weighted by molar-refractivity contribution is -0.0568. The standard InChI is InChI=1S/C27H28N2O3/c1-3-18-17-29-14-12-20(18)15-25(29)26(32-27(30)19-7-5-4-6-8-19)22-11-13-28-24-10-9-21(31-2)16-23(22)24/h3-11,13,16,18,20,25-26H,1,12,14-15,17H2,2H3/t18?,20?,25-,26+/m0/s1. The quantitative estimate of drug-likeness (QED) is 0.407. The third-order valence-electron chi connectivity index (χ3n) is 7.04. The van der Waals surface area contributed by atoms with Crippen LogP contribution in [0.1, 0.15) is 34.9 Å². The van der Waals surface area contributed by atoms with Gasteiger partial charge in [-0.2, -0.15) is 0 Å². The van der Waals surface area contributed by atoms with Crippen LogP contribution in [0.5, 0.6) is 5.75 Å². The minimum Gasteiger partial charge on any atom is -0.497 e. The first-order chi connectivity index (χ1) is 15.7. The van der Waals surface area contributed by atoms with Crippen molar-refractivity contribution in [3.63, 3.8) is 0 Å². The maximum absolute atomic E-state index is 13.2. The molecule has 3 aliphatic heterocycles. The molecular formula is C27H28N2O3. The third-order valence-corrected chi connectivity index (χ3v) is 7.04. The van der Waals surface area contributed by atoms with Crippen LogP contribution in [0.25, 0.3) is 10.9 Å². The monoisotopic (exact) mass is 428 g/mol. The predicted octanol–water partition coefficient (Wildman–Crippen LogP) is 5.04. The summed E-state index contributed by atoms with van der Waals surface area (Å²) < 4.78 is 11.8. The first kappa shape index (κ1) is 20.7. The number of piperidine rings is 3. The summed E-state index contributed by atoms with van der Waals surface area (Å²) >= 11 is 0. The van der Waals surface area contributed by atoms with Gasteiger partial charge in [0.25, 0.3) is 0 Å². The van der Waals surface area contributed by atoms with Crippen molar-refractivity contribution in [1.82, 2.24) is 9.88 Å². The van der Waals surface area contributed by atoms with Crippen molar-refractivity contribution in [2.45, 2.75) is 25.0 Å². The van der Waals surface area contributed by atoms with E-state index in [9.17, 15) is 4.79 Å². The number of esters is 1. The fourth-order valence-electron chi connectivity index (χ4n) is 5.32. The molecule has 0 aliphatic carbocycles. The second-order valence-electron chi connectivity index (χ2n) is 8.72. The predicted molar refractivity (Wildman–Crippen MR) is 125 cm³/mol. The summed E-state index contributed by atoms with van der Waals surface area (Å²) in [6.45, 7) is 6.03. The summed E-state index contributed by atoms with van der Waals surface area (Å²) in [5.74, 6) is 1.53. The summed E-state index contributed by atoms with van der Waals surface area (Å²) in [7, 11) is 1.66. The van der Waals surface area contributed by atoms with E-state index in [2.05, 4.69) is 22.5 Å². The van der Waals surface area contributed by atoms with Gasteiger partial charge in [-0.15, -0.1) is 6.58 Å². The van der Waals surface area contributed by atoms with Crippen LogP contribution in [0.4, 0.5) is 0 Å². The van der Waals surface area contributed by atoms with Crippen LogP contribution < -0.4 is 4.74 Å². The summed E-state index contributed by atoms with van der Waals surface area (Å²) in [6, 6.07) is 17.2. The van der Waals surface area contributed by atoms with E-state index >= 15 is 0 Å². The number of rotatable bonds is 6. The van der Waals surface area contributed by atoms with E-state index in [-0.39, 0.29) is 12.0 Å². The van der Waals surface area contributed by atoms with Crippen molar-refractivity contribution >= 4 is 16.9 Å². The van der Waals surface area contributed by atoms with Crippen molar-refractivity contribution in [3.05, 3.63) is 84.6 Å². The fourth-order valence-corrected chi connectivity index (χ4v) is 5.32. The number of hydrogen-bond donors (Lipinski definition) is 0. The highest BCUT2D eigenvalue weighted by Crippen LogP contribution is 2.43. The topological polar surface area (TPSA) is 51.7 Å². The van der Waals surface area contributed by atoms with Gasteiger partial charge in [-0.05, 0) is 67.6 Å². The number of pyridine rings is 1. The van der Waals surface area contributed by atoms with Gasteiger partial charge in [0.05, 0.1) is 24.2 Å². The Hall–Kier alpha value is -3.18. The normalized spacial score (nSPS) is 25.3. The minimum atomic E-state index is -0.395. The molecule has 0 radical (unpaired) electrons. The molecule has 5 nitrogen and oxygen atoms in total. The van der Waals surface area contributed by atoms with Gasteiger partial charge in [0.2, 0.25) is 0 Å².